The number of nitrogens with zero attached hydrogens (tertiary/aromatic N) is 3. The maximum absolute atomic E-state index is 12.2. The van der Waals surface area contributed by atoms with E-state index in [-0.39, 0.29) is 11.4 Å². The molecular weight excluding hydrogens is 348 g/mol. The molecule has 1 aliphatic carbocycles. The fourth-order valence-electron chi connectivity index (χ4n) is 2.95. The van der Waals surface area contributed by atoms with Gasteiger partial charge in [0, 0.05) is 23.5 Å². The van der Waals surface area contributed by atoms with E-state index in [1.54, 1.807) is 6.92 Å². The Kier molecular flexibility index (Phi) is 5.12. The van der Waals surface area contributed by atoms with Crippen LogP contribution in [0.5, 0.6) is 0 Å². The Bertz CT molecular complexity index is 957. The van der Waals surface area contributed by atoms with Crippen LogP contribution in [-0.4, -0.2) is 28.2 Å². The molecule has 1 N–H and O–H groups in total. The van der Waals surface area contributed by atoms with Crippen molar-refractivity contribution in [2.24, 2.45) is 0 Å². The summed E-state index contributed by atoms with van der Waals surface area (Å²) in [6, 6.07) is 5.83. The summed E-state index contributed by atoms with van der Waals surface area (Å²) in [5.41, 5.74) is 2.75. The fraction of sp³-hybridized carbons (Fsp3) is 0.368. The highest BCUT2D eigenvalue weighted by Crippen LogP contribution is 2.38. The molecule has 1 fully saturated rings. The number of aryl methyl sites for hydroxylation is 2. The lowest BCUT2D eigenvalue weighted by atomic mass is 10.1. The fourth-order valence-corrected chi connectivity index (χ4v) is 2.95. The number of anilines is 1. The van der Waals surface area contributed by atoms with Crippen LogP contribution in [0.1, 0.15) is 41.6 Å². The predicted octanol–water partition coefficient (Wildman–Crippen LogP) is 2.83. The van der Waals surface area contributed by atoms with Gasteiger partial charge >= 0.3 is 5.97 Å². The van der Waals surface area contributed by atoms with E-state index < -0.39 is 18.5 Å². The zero-order chi connectivity index (χ0) is 19.6. The van der Waals surface area contributed by atoms with E-state index in [1.807, 2.05) is 26.0 Å². The van der Waals surface area contributed by atoms with Crippen LogP contribution in [0.15, 0.2) is 22.2 Å². The molecule has 2 aromatic rings. The average molecular weight is 368 g/mol. The predicted molar refractivity (Wildman–Crippen MR) is 96.6 cm³/mol. The quantitative estimate of drug-likeness (QED) is 0.477. The lowest BCUT2D eigenvalue weighted by Gasteiger charge is -2.07. The molecule has 8 heteroatoms. The minimum atomic E-state index is -0.847. The van der Waals surface area contributed by atoms with Gasteiger partial charge in [-0.3, -0.25) is 4.79 Å². The molecule has 1 aliphatic rings. The van der Waals surface area contributed by atoms with E-state index >= 15 is 0 Å². The lowest BCUT2D eigenvalue weighted by Crippen LogP contribution is -2.21. The van der Waals surface area contributed by atoms with Crippen LogP contribution < -0.4 is 5.32 Å². The number of amides is 1. The Morgan fingerprint density at radius 3 is 2.74 bits per heavy atom. The van der Waals surface area contributed by atoms with Gasteiger partial charge in [0.25, 0.3) is 5.91 Å². The minimum Gasteiger partial charge on any atom is -0.451 e. The highest BCUT2D eigenvalue weighted by molar-refractivity contribution is 6.00. The second-order valence-electron chi connectivity index (χ2n) is 6.54. The topological polar surface area (TPSA) is 110 Å². The molecule has 2 aromatic heterocycles. The highest BCUT2D eigenvalue weighted by atomic mass is 16.5. The van der Waals surface area contributed by atoms with E-state index in [0.717, 1.165) is 29.8 Å². The van der Waals surface area contributed by atoms with Gasteiger partial charge in [-0.15, -0.1) is 0 Å². The molecule has 0 atom stereocenters. The van der Waals surface area contributed by atoms with Gasteiger partial charge < -0.3 is 19.1 Å². The number of hydrogen-bond acceptors (Lipinski definition) is 6. The van der Waals surface area contributed by atoms with E-state index in [4.69, 9.17) is 9.26 Å². The van der Waals surface area contributed by atoms with Crippen LogP contribution in [0.25, 0.3) is 6.08 Å². The van der Waals surface area contributed by atoms with Crippen molar-refractivity contribution in [2.45, 2.75) is 39.7 Å². The lowest BCUT2D eigenvalue weighted by molar-refractivity contribution is -0.142. The van der Waals surface area contributed by atoms with Crippen molar-refractivity contribution < 1.29 is 18.8 Å². The molecule has 27 heavy (non-hydrogen) atoms. The number of ether oxygens (including phenoxy) is 1. The molecule has 8 nitrogen and oxygen atoms in total. The van der Waals surface area contributed by atoms with E-state index in [9.17, 15) is 14.9 Å². The Morgan fingerprint density at radius 1 is 1.41 bits per heavy atom. The molecule has 0 saturated heterocycles. The Hall–Kier alpha value is -3.34. The molecule has 0 aromatic carbocycles. The molecular formula is C19H20N4O4. The van der Waals surface area contributed by atoms with Gasteiger partial charge in [0.15, 0.2) is 12.4 Å². The first kappa shape index (κ1) is 18.5. The molecule has 0 spiro atoms. The van der Waals surface area contributed by atoms with Gasteiger partial charge in [-0.1, -0.05) is 5.16 Å². The maximum Gasteiger partial charge on any atom is 0.349 e. The number of hydrogen-bond donors (Lipinski definition) is 1. The van der Waals surface area contributed by atoms with Crippen LogP contribution in [-0.2, 0) is 14.3 Å². The van der Waals surface area contributed by atoms with Crippen LogP contribution >= 0.6 is 0 Å². The minimum absolute atomic E-state index is 0.156. The molecule has 0 unspecified atom stereocenters. The van der Waals surface area contributed by atoms with Gasteiger partial charge in [-0.25, -0.2) is 4.79 Å². The molecule has 1 saturated carbocycles. The summed E-state index contributed by atoms with van der Waals surface area (Å²) in [5, 5.41) is 15.4. The zero-order valence-corrected chi connectivity index (χ0v) is 15.4. The van der Waals surface area contributed by atoms with Crippen LogP contribution in [0.4, 0.5) is 5.82 Å². The smallest absolute Gasteiger partial charge is 0.349 e. The van der Waals surface area contributed by atoms with Gasteiger partial charge in [0.05, 0.1) is 0 Å². The number of carbonyl (C=O) groups excluding carboxylic acids is 2. The number of rotatable bonds is 6. The van der Waals surface area contributed by atoms with Crippen molar-refractivity contribution in [1.82, 2.24) is 9.72 Å². The Labute approximate surface area is 156 Å². The van der Waals surface area contributed by atoms with Crippen molar-refractivity contribution in [3.05, 3.63) is 40.4 Å². The van der Waals surface area contributed by atoms with Gasteiger partial charge in [-0.2, -0.15) is 5.26 Å². The normalized spacial score (nSPS) is 13.9. The second-order valence-corrected chi connectivity index (χ2v) is 6.54. The maximum atomic E-state index is 12.2. The van der Waals surface area contributed by atoms with Gasteiger partial charge in [0.2, 0.25) is 0 Å². The number of aromatic nitrogens is 2. The molecule has 140 valence electrons. The number of nitriles is 1. The highest BCUT2D eigenvalue weighted by Gasteiger charge is 2.27. The van der Waals surface area contributed by atoms with Crippen LogP contribution in [0, 0.1) is 32.1 Å². The zero-order valence-electron chi connectivity index (χ0n) is 15.4. The standard InChI is InChI=1S/C19H20N4O4/c1-11-6-14(13(3)23(11)16-4-5-16)8-15(9-20)19(25)26-10-18(24)21-17-7-12(2)27-22-17/h6-8,16H,4-5,10H2,1-3H3,(H,21,22,24)/b15-8+. The first-order valence-electron chi connectivity index (χ1n) is 8.59. The summed E-state index contributed by atoms with van der Waals surface area (Å²) < 4.78 is 12.0. The number of nitrogens with one attached hydrogen (secondary N) is 1. The van der Waals surface area contributed by atoms with Crippen molar-refractivity contribution >= 4 is 23.8 Å². The van der Waals surface area contributed by atoms with Crippen molar-refractivity contribution in [3.8, 4) is 6.07 Å². The first-order valence-corrected chi connectivity index (χ1v) is 8.59. The van der Waals surface area contributed by atoms with E-state index in [1.165, 1.54) is 12.1 Å². The van der Waals surface area contributed by atoms with E-state index in [0.29, 0.717) is 11.8 Å². The Balaban J connectivity index is 1.64. The summed E-state index contributed by atoms with van der Waals surface area (Å²) in [6.45, 7) is 5.13. The van der Waals surface area contributed by atoms with Crippen molar-refractivity contribution in [2.75, 3.05) is 11.9 Å². The molecule has 1 amide bonds. The first-order chi connectivity index (χ1) is 12.9. The second kappa shape index (κ2) is 7.50. The third-order valence-electron chi connectivity index (χ3n) is 4.31. The third kappa shape index (κ3) is 4.26. The summed E-state index contributed by atoms with van der Waals surface area (Å²) in [5.74, 6) is -0.640. The molecule has 3 rings (SSSR count). The third-order valence-corrected chi connectivity index (χ3v) is 4.31. The van der Waals surface area contributed by atoms with Crippen LogP contribution in [0.2, 0.25) is 0 Å². The van der Waals surface area contributed by atoms with Gasteiger partial charge in [0.1, 0.15) is 17.4 Å². The van der Waals surface area contributed by atoms with Crippen molar-refractivity contribution in [1.29, 1.82) is 5.26 Å². The van der Waals surface area contributed by atoms with Gasteiger partial charge in [-0.05, 0) is 51.3 Å². The summed E-state index contributed by atoms with van der Waals surface area (Å²) in [4.78, 5) is 24.0. The monoisotopic (exact) mass is 368 g/mol. The summed E-state index contributed by atoms with van der Waals surface area (Å²) >= 11 is 0. The average Bonchev–Trinajstić information content (AvgIpc) is 3.31. The van der Waals surface area contributed by atoms with Crippen LogP contribution in [0.3, 0.4) is 0 Å². The SMILES string of the molecule is Cc1cc(NC(=O)COC(=O)/C(C#N)=C/c2cc(C)n(C3CC3)c2C)no1. The van der Waals surface area contributed by atoms with E-state index in [2.05, 4.69) is 15.0 Å². The molecule has 2 heterocycles. The summed E-state index contributed by atoms with van der Waals surface area (Å²) in [6.07, 6.45) is 3.79. The largest absolute Gasteiger partial charge is 0.451 e. The number of carbonyl (C=O) groups is 2. The number of esters is 1. The Morgan fingerprint density at radius 2 is 2.15 bits per heavy atom. The molecule has 0 radical (unpaired) electrons. The molecule has 0 aliphatic heterocycles. The summed E-state index contributed by atoms with van der Waals surface area (Å²) in [7, 11) is 0. The molecule has 0 bridgehead atoms. The van der Waals surface area contributed by atoms with Crippen molar-refractivity contribution in [3.63, 3.8) is 0 Å².